The molecule has 0 saturated heterocycles. The van der Waals surface area contributed by atoms with Crippen LogP contribution in [0.2, 0.25) is 0 Å². The van der Waals surface area contributed by atoms with Gasteiger partial charge in [-0.25, -0.2) is 4.98 Å². The Morgan fingerprint density at radius 1 is 1.20 bits per heavy atom. The van der Waals surface area contributed by atoms with E-state index in [9.17, 15) is 0 Å². The highest BCUT2D eigenvalue weighted by atomic mass is 15.1. The molecule has 0 aliphatic rings. The smallest absolute Gasteiger partial charge is 0.117 e. The van der Waals surface area contributed by atoms with E-state index in [-0.39, 0.29) is 11.5 Å². The zero-order valence-electron chi connectivity index (χ0n) is 13.4. The van der Waals surface area contributed by atoms with Crippen LogP contribution in [-0.4, -0.2) is 15.6 Å². The standard InChI is InChI=1S/C17H27N3/c1-6-13(7-2)20-15-11-9-8-10-14(15)19-16(20)17(4,5)12(3)18/h8-13H,6-7,18H2,1-5H3. The highest BCUT2D eigenvalue weighted by molar-refractivity contribution is 5.76. The van der Waals surface area contributed by atoms with Crippen molar-refractivity contribution in [2.45, 2.75) is 65.0 Å². The van der Waals surface area contributed by atoms with Gasteiger partial charge in [-0.15, -0.1) is 0 Å². The minimum absolute atomic E-state index is 0.0624. The van der Waals surface area contributed by atoms with Crippen molar-refractivity contribution >= 4 is 11.0 Å². The van der Waals surface area contributed by atoms with Crippen LogP contribution in [0.25, 0.3) is 11.0 Å². The lowest BCUT2D eigenvalue weighted by molar-refractivity contribution is 0.363. The number of aromatic nitrogens is 2. The van der Waals surface area contributed by atoms with Crippen LogP contribution < -0.4 is 5.73 Å². The van der Waals surface area contributed by atoms with Gasteiger partial charge in [0.25, 0.3) is 0 Å². The average molecular weight is 273 g/mol. The van der Waals surface area contributed by atoms with E-state index in [4.69, 9.17) is 10.7 Å². The fourth-order valence-electron chi connectivity index (χ4n) is 2.73. The largest absolute Gasteiger partial charge is 0.327 e. The molecule has 0 radical (unpaired) electrons. The van der Waals surface area contributed by atoms with E-state index in [1.165, 1.54) is 5.52 Å². The van der Waals surface area contributed by atoms with Crippen molar-refractivity contribution in [3.63, 3.8) is 0 Å². The Hall–Kier alpha value is -1.35. The lowest BCUT2D eigenvalue weighted by Crippen LogP contribution is -2.41. The predicted molar refractivity (Wildman–Crippen MR) is 86.0 cm³/mol. The number of benzene rings is 1. The van der Waals surface area contributed by atoms with Crippen LogP contribution in [0.1, 0.15) is 59.3 Å². The van der Waals surface area contributed by atoms with Gasteiger partial charge in [0.1, 0.15) is 5.82 Å². The van der Waals surface area contributed by atoms with Crippen molar-refractivity contribution in [2.75, 3.05) is 0 Å². The molecule has 20 heavy (non-hydrogen) atoms. The Labute approximate surface area is 122 Å². The molecule has 2 rings (SSSR count). The molecule has 0 saturated carbocycles. The van der Waals surface area contributed by atoms with E-state index >= 15 is 0 Å². The number of nitrogens with zero attached hydrogens (tertiary/aromatic N) is 2. The van der Waals surface area contributed by atoms with Crippen molar-refractivity contribution in [3.8, 4) is 0 Å². The maximum absolute atomic E-state index is 6.22. The Morgan fingerprint density at radius 2 is 1.80 bits per heavy atom. The highest BCUT2D eigenvalue weighted by Crippen LogP contribution is 2.33. The molecule has 0 spiro atoms. The van der Waals surface area contributed by atoms with E-state index in [2.05, 4.69) is 63.5 Å². The lowest BCUT2D eigenvalue weighted by atomic mass is 9.84. The third-order valence-electron chi connectivity index (χ3n) is 4.62. The topological polar surface area (TPSA) is 43.8 Å². The number of para-hydroxylation sites is 2. The van der Waals surface area contributed by atoms with Crippen molar-refractivity contribution in [2.24, 2.45) is 5.73 Å². The molecule has 0 fully saturated rings. The SMILES string of the molecule is CCC(CC)n1c(C(C)(C)C(C)N)nc2ccccc21. The monoisotopic (exact) mass is 273 g/mol. The second kappa shape index (κ2) is 5.57. The Bertz CT molecular complexity index is 577. The molecule has 3 nitrogen and oxygen atoms in total. The Morgan fingerprint density at radius 3 is 2.35 bits per heavy atom. The van der Waals surface area contributed by atoms with Gasteiger partial charge in [0, 0.05) is 17.5 Å². The first-order valence-corrected chi connectivity index (χ1v) is 7.66. The average Bonchev–Trinajstić information content (AvgIpc) is 2.81. The van der Waals surface area contributed by atoms with E-state index in [1.54, 1.807) is 0 Å². The van der Waals surface area contributed by atoms with Crippen LogP contribution in [0.3, 0.4) is 0 Å². The summed E-state index contributed by atoms with van der Waals surface area (Å²) >= 11 is 0. The van der Waals surface area contributed by atoms with Gasteiger partial charge in [0.2, 0.25) is 0 Å². The molecular weight excluding hydrogens is 246 g/mol. The summed E-state index contributed by atoms with van der Waals surface area (Å²) in [5, 5.41) is 0. The number of hydrogen-bond donors (Lipinski definition) is 1. The summed E-state index contributed by atoms with van der Waals surface area (Å²) in [6, 6.07) is 8.94. The van der Waals surface area contributed by atoms with E-state index in [1.807, 2.05) is 0 Å². The molecule has 0 bridgehead atoms. The molecule has 3 heteroatoms. The molecule has 0 amide bonds. The molecule has 1 unspecified atom stereocenters. The summed E-state index contributed by atoms with van der Waals surface area (Å²) < 4.78 is 2.42. The van der Waals surface area contributed by atoms with Gasteiger partial charge in [0.05, 0.1) is 11.0 Å². The Kier molecular flexibility index (Phi) is 4.19. The van der Waals surface area contributed by atoms with Crippen LogP contribution in [0.5, 0.6) is 0 Å². The Balaban J connectivity index is 2.73. The molecule has 110 valence electrons. The summed E-state index contributed by atoms with van der Waals surface area (Å²) in [5.74, 6) is 1.11. The summed E-state index contributed by atoms with van der Waals surface area (Å²) in [6.45, 7) is 10.9. The quantitative estimate of drug-likeness (QED) is 0.894. The van der Waals surface area contributed by atoms with Crippen LogP contribution in [0.15, 0.2) is 24.3 Å². The lowest BCUT2D eigenvalue weighted by Gasteiger charge is -2.31. The van der Waals surface area contributed by atoms with Crippen molar-refractivity contribution in [3.05, 3.63) is 30.1 Å². The first-order valence-electron chi connectivity index (χ1n) is 7.66. The summed E-state index contributed by atoms with van der Waals surface area (Å²) in [5.41, 5.74) is 8.38. The van der Waals surface area contributed by atoms with E-state index in [0.29, 0.717) is 6.04 Å². The molecule has 0 aliphatic carbocycles. The normalized spacial score (nSPS) is 14.2. The number of rotatable bonds is 5. The summed E-state index contributed by atoms with van der Waals surface area (Å²) in [6.07, 6.45) is 2.22. The van der Waals surface area contributed by atoms with Gasteiger partial charge in [0.15, 0.2) is 0 Å². The fraction of sp³-hybridized carbons (Fsp3) is 0.588. The van der Waals surface area contributed by atoms with Crippen molar-refractivity contribution in [1.82, 2.24) is 9.55 Å². The molecule has 1 heterocycles. The second-order valence-corrected chi connectivity index (χ2v) is 6.27. The number of imidazole rings is 1. The van der Waals surface area contributed by atoms with Gasteiger partial charge < -0.3 is 10.3 Å². The van der Waals surface area contributed by atoms with Crippen LogP contribution in [-0.2, 0) is 5.41 Å². The highest BCUT2D eigenvalue weighted by Gasteiger charge is 2.32. The maximum Gasteiger partial charge on any atom is 0.117 e. The molecule has 1 aromatic carbocycles. The molecule has 1 aromatic heterocycles. The zero-order valence-corrected chi connectivity index (χ0v) is 13.4. The van der Waals surface area contributed by atoms with E-state index < -0.39 is 0 Å². The van der Waals surface area contributed by atoms with Gasteiger partial charge in [-0.3, -0.25) is 0 Å². The fourth-order valence-corrected chi connectivity index (χ4v) is 2.73. The third-order valence-corrected chi connectivity index (χ3v) is 4.62. The van der Waals surface area contributed by atoms with Gasteiger partial charge in [-0.2, -0.15) is 0 Å². The maximum atomic E-state index is 6.22. The van der Waals surface area contributed by atoms with Gasteiger partial charge >= 0.3 is 0 Å². The second-order valence-electron chi connectivity index (χ2n) is 6.27. The zero-order chi connectivity index (χ0) is 14.9. The van der Waals surface area contributed by atoms with E-state index in [0.717, 1.165) is 24.2 Å². The first kappa shape index (κ1) is 15.0. The molecule has 1 atom stereocenters. The van der Waals surface area contributed by atoms with Crippen LogP contribution in [0.4, 0.5) is 0 Å². The molecule has 2 aromatic rings. The summed E-state index contributed by atoms with van der Waals surface area (Å²) in [4.78, 5) is 4.91. The summed E-state index contributed by atoms with van der Waals surface area (Å²) in [7, 11) is 0. The minimum Gasteiger partial charge on any atom is -0.327 e. The van der Waals surface area contributed by atoms with Gasteiger partial charge in [-0.05, 0) is 31.9 Å². The van der Waals surface area contributed by atoms with Gasteiger partial charge in [-0.1, -0.05) is 39.8 Å². The number of hydrogen-bond acceptors (Lipinski definition) is 2. The molecule has 2 N–H and O–H groups in total. The molecular formula is C17H27N3. The first-order chi connectivity index (χ1) is 9.43. The predicted octanol–water partition coefficient (Wildman–Crippen LogP) is 4.02. The van der Waals surface area contributed by atoms with Crippen molar-refractivity contribution < 1.29 is 0 Å². The van der Waals surface area contributed by atoms with Crippen LogP contribution in [0, 0.1) is 0 Å². The van der Waals surface area contributed by atoms with Crippen molar-refractivity contribution in [1.29, 1.82) is 0 Å². The minimum atomic E-state index is -0.137. The van der Waals surface area contributed by atoms with Crippen LogP contribution >= 0.6 is 0 Å². The number of fused-ring (bicyclic) bond motifs is 1. The molecule has 0 aliphatic heterocycles. The third kappa shape index (κ3) is 2.35. The number of nitrogens with two attached hydrogens (primary N) is 1.